The maximum absolute atomic E-state index is 13.4. The van der Waals surface area contributed by atoms with Gasteiger partial charge in [-0.15, -0.1) is 0 Å². The molecular weight excluding hydrogens is 538 g/mol. The highest BCUT2D eigenvalue weighted by atomic mass is 35.5. The minimum absolute atomic E-state index is 0.0167. The molecule has 0 saturated heterocycles. The summed E-state index contributed by atoms with van der Waals surface area (Å²) >= 11 is 11.9. The third-order valence-electron chi connectivity index (χ3n) is 5.09. The van der Waals surface area contributed by atoms with E-state index in [4.69, 9.17) is 23.2 Å². The molecule has 5 N–H and O–H groups in total. The van der Waals surface area contributed by atoms with Crippen LogP contribution >= 0.6 is 23.2 Å². The van der Waals surface area contributed by atoms with E-state index in [1.165, 1.54) is 24.3 Å². The minimum Gasteiger partial charge on any atom is -0.481 e. The number of alkyl halides is 3. The Morgan fingerprint density at radius 2 is 1.78 bits per heavy atom. The van der Waals surface area contributed by atoms with Gasteiger partial charge in [-0.1, -0.05) is 23.2 Å². The number of amides is 2. The molecular formula is C23H22Cl2F3N5O4. The standard InChI is InChI=1S/C23H22Cl2F3N5O4/c24-15-5-12(6-16(25)9-15)18(10-20(35)36)33-19(34)11-31-21(37)13-4-14(23(26,27)28)8-17(7-13)32-22-29-2-1-3-30-22/h4-9,18H,1-3,10-11H2,(H,31,37)(H,33,34)(H,35,36)(H2,29,30,32). The number of carbonyl (C=O) groups excluding carboxylic acids is 2. The summed E-state index contributed by atoms with van der Waals surface area (Å²) < 4.78 is 40.3. The SMILES string of the molecule is O=C(O)CC(NC(=O)CNC(=O)c1cc(NC2=NCCCN2)cc(C(F)(F)F)c1)c1cc(Cl)cc(Cl)c1. The van der Waals surface area contributed by atoms with Crippen molar-refractivity contribution >= 4 is 52.6 Å². The highest BCUT2D eigenvalue weighted by molar-refractivity contribution is 6.34. The minimum atomic E-state index is -4.73. The molecule has 2 aromatic rings. The summed E-state index contributed by atoms with van der Waals surface area (Å²) in [6, 6.07) is 5.98. The molecule has 0 fully saturated rings. The molecule has 0 spiro atoms. The largest absolute Gasteiger partial charge is 0.481 e. The van der Waals surface area contributed by atoms with E-state index in [1.807, 2.05) is 0 Å². The Labute approximate surface area is 219 Å². The molecule has 2 aromatic carbocycles. The van der Waals surface area contributed by atoms with Crippen molar-refractivity contribution in [3.63, 3.8) is 0 Å². The number of aliphatic imine (C=N–C) groups is 1. The van der Waals surface area contributed by atoms with Gasteiger partial charge in [0.25, 0.3) is 5.91 Å². The van der Waals surface area contributed by atoms with Crippen molar-refractivity contribution in [3.8, 4) is 0 Å². The van der Waals surface area contributed by atoms with E-state index in [0.29, 0.717) is 24.7 Å². The van der Waals surface area contributed by atoms with E-state index in [9.17, 15) is 32.7 Å². The van der Waals surface area contributed by atoms with E-state index >= 15 is 0 Å². The van der Waals surface area contributed by atoms with Crippen molar-refractivity contribution in [3.05, 3.63) is 63.1 Å². The van der Waals surface area contributed by atoms with Crippen LogP contribution in [0.25, 0.3) is 0 Å². The zero-order valence-electron chi connectivity index (χ0n) is 19.1. The quantitative estimate of drug-likeness (QED) is 0.334. The number of halogens is 5. The number of anilines is 1. The first-order valence-corrected chi connectivity index (χ1v) is 11.7. The van der Waals surface area contributed by atoms with Crippen LogP contribution in [0.1, 0.15) is 40.4 Å². The lowest BCUT2D eigenvalue weighted by molar-refractivity contribution is -0.138. The third-order valence-corrected chi connectivity index (χ3v) is 5.53. The summed E-state index contributed by atoms with van der Waals surface area (Å²) in [5.41, 5.74) is -1.10. The molecule has 0 aliphatic carbocycles. The van der Waals surface area contributed by atoms with Crippen LogP contribution < -0.4 is 21.3 Å². The summed E-state index contributed by atoms with van der Waals surface area (Å²) in [6.45, 7) is 0.467. The maximum atomic E-state index is 13.4. The monoisotopic (exact) mass is 559 g/mol. The van der Waals surface area contributed by atoms with Crippen LogP contribution in [-0.4, -0.2) is 48.5 Å². The van der Waals surface area contributed by atoms with E-state index in [2.05, 4.69) is 26.3 Å². The number of carboxylic acid groups (broad SMARTS) is 1. The fourth-order valence-corrected chi connectivity index (χ4v) is 4.00. The van der Waals surface area contributed by atoms with Crippen molar-refractivity contribution in [2.45, 2.75) is 25.1 Å². The fraction of sp³-hybridized carbons (Fsp3) is 0.304. The van der Waals surface area contributed by atoms with Crippen molar-refractivity contribution in [2.75, 3.05) is 25.0 Å². The lowest BCUT2D eigenvalue weighted by atomic mass is 10.0. The number of benzene rings is 2. The molecule has 0 bridgehead atoms. The Morgan fingerprint density at radius 1 is 1.08 bits per heavy atom. The highest BCUT2D eigenvalue weighted by Gasteiger charge is 2.32. The molecule has 1 heterocycles. The molecule has 0 saturated carbocycles. The number of carbonyl (C=O) groups is 3. The van der Waals surface area contributed by atoms with Crippen LogP contribution in [0.3, 0.4) is 0 Å². The molecule has 3 rings (SSSR count). The molecule has 1 aliphatic rings. The van der Waals surface area contributed by atoms with Crippen LogP contribution in [0.5, 0.6) is 0 Å². The predicted molar refractivity (Wildman–Crippen MR) is 132 cm³/mol. The van der Waals surface area contributed by atoms with Gasteiger partial charge in [-0.2, -0.15) is 13.2 Å². The number of hydrogen-bond acceptors (Lipinski definition) is 6. The Bertz CT molecular complexity index is 1200. The Kier molecular flexibility index (Phi) is 9.22. The fourth-order valence-electron chi connectivity index (χ4n) is 3.46. The van der Waals surface area contributed by atoms with Gasteiger partial charge in [0.2, 0.25) is 5.91 Å². The number of nitrogens with zero attached hydrogens (tertiary/aromatic N) is 1. The summed E-state index contributed by atoms with van der Waals surface area (Å²) in [6.07, 6.45) is -4.45. The molecule has 0 aromatic heterocycles. The Balaban J connectivity index is 1.72. The van der Waals surface area contributed by atoms with Gasteiger partial charge in [-0.3, -0.25) is 19.4 Å². The van der Waals surface area contributed by atoms with Crippen LogP contribution in [0.15, 0.2) is 41.4 Å². The molecule has 2 amide bonds. The van der Waals surface area contributed by atoms with Gasteiger partial charge in [0.15, 0.2) is 5.96 Å². The van der Waals surface area contributed by atoms with Gasteiger partial charge >= 0.3 is 12.1 Å². The average molecular weight is 560 g/mol. The summed E-state index contributed by atoms with van der Waals surface area (Å²) in [7, 11) is 0. The smallest absolute Gasteiger partial charge is 0.416 e. The number of hydrogen-bond donors (Lipinski definition) is 5. The molecule has 0 radical (unpaired) electrons. The zero-order valence-corrected chi connectivity index (χ0v) is 20.6. The van der Waals surface area contributed by atoms with Gasteiger partial charge in [0.1, 0.15) is 0 Å². The van der Waals surface area contributed by atoms with Gasteiger partial charge in [0, 0.05) is 34.4 Å². The predicted octanol–water partition coefficient (Wildman–Crippen LogP) is 3.84. The van der Waals surface area contributed by atoms with Crippen LogP contribution in [0.2, 0.25) is 10.0 Å². The Morgan fingerprint density at radius 3 is 2.38 bits per heavy atom. The van der Waals surface area contributed by atoms with Crippen LogP contribution in [0.4, 0.5) is 18.9 Å². The van der Waals surface area contributed by atoms with E-state index in [-0.39, 0.29) is 27.3 Å². The first-order chi connectivity index (χ1) is 17.4. The van der Waals surface area contributed by atoms with Crippen LogP contribution in [0, 0.1) is 0 Å². The number of nitrogens with one attached hydrogen (secondary N) is 4. The van der Waals surface area contributed by atoms with E-state index < -0.39 is 48.5 Å². The average Bonchev–Trinajstić information content (AvgIpc) is 2.81. The number of guanidine groups is 1. The first-order valence-electron chi connectivity index (χ1n) is 10.9. The second-order valence-corrected chi connectivity index (χ2v) is 8.91. The molecule has 1 aliphatic heterocycles. The Hall–Kier alpha value is -3.51. The number of carboxylic acids is 1. The molecule has 198 valence electrons. The topological polar surface area (TPSA) is 132 Å². The van der Waals surface area contributed by atoms with Gasteiger partial charge < -0.3 is 26.4 Å². The number of aliphatic carboxylic acids is 1. The van der Waals surface area contributed by atoms with Crippen molar-refractivity contribution in [2.24, 2.45) is 4.99 Å². The normalized spacial score (nSPS) is 14.1. The third kappa shape index (κ3) is 8.53. The summed E-state index contributed by atoms with van der Waals surface area (Å²) in [5, 5.41) is 20.0. The second-order valence-electron chi connectivity index (χ2n) is 8.04. The van der Waals surface area contributed by atoms with Gasteiger partial charge in [-0.25, -0.2) is 0 Å². The van der Waals surface area contributed by atoms with Gasteiger partial charge in [0.05, 0.1) is 24.6 Å². The summed E-state index contributed by atoms with van der Waals surface area (Å²) in [4.78, 5) is 40.5. The van der Waals surface area contributed by atoms with Gasteiger partial charge in [-0.05, 0) is 48.4 Å². The summed E-state index contributed by atoms with van der Waals surface area (Å²) in [5.74, 6) is -2.65. The van der Waals surface area contributed by atoms with Crippen molar-refractivity contribution in [1.29, 1.82) is 0 Å². The molecule has 9 nitrogen and oxygen atoms in total. The first kappa shape index (κ1) is 28.1. The lowest BCUT2D eigenvalue weighted by Crippen LogP contribution is -2.39. The van der Waals surface area contributed by atoms with Crippen molar-refractivity contribution < 1.29 is 32.7 Å². The van der Waals surface area contributed by atoms with Crippen LogP contribution in [-0.2, 0) is 15.8 Å². The molecule has 1 unspecified atom stereocenters. The molecule has 1 atom stereocenters. The van der Waals surface area contributed by atoms with Crippen molar-refractivity contribution in [1.82, 2.24) is 16.0 Å². The van der Waals surface area contributed by atoms with E-state index in [0.717, 1.165) is 12.5 Å². The molecule has 14 heteroatoms. The zero-order chi connectivity index (χ0) is 27.2. The van der Waals surface area contributed by atoms with E-state index in [1.54, 1.807) is 0 Å². The highest BCUT2D eigenvalue weighted by Crippen LogP contribution is 2.32. The molecule has 37 heavy (non-hydrogen) atoms. The maximum Gasteiger partial charge on any atom is 0.416 e. The number of rotatable bonds is 8. The lowest BCUT2D eigenvalue weighted by Gasteiger charge is -2.19. The second kappa shape index (κ2) is 12.2.